The van der Waals surface area contributed by atoms with Crippen LogP contribution in [-0.2, 0) is 7.05 Å². The Bertz CT molecular complexity index is 931. The molecule has 0 saturated heterocycles. The number of nitrogens with zero attached hydrogens (tertiary/aromatic N) is 2. The van der Waals surface area contributed by atoms with Crippen LogP contribution in [0.4, 0.5) is 0 Å². The highest BCUT2D eigenvalue weighted by Crippen LogP contribution is 2.25. The summed E-state index contributed by atoms with van der Waals surface area (Å²) in [5.74, 6) is 1.27. The molecule has 0 aliphatic carbocycles. The highest BCUT2D eigenvalue weighted by molar-refractivity contribution is 6.05. The Hall–Kier alpha value is -2.40. The van der Waals surface area contributed by atoms with Gasteiger partial charge in [-0.25, -0.2) is 0 Å². The lowest BCUT2D eigenvalue weighted by Gasteiger charge is -2.16. The number of ether oxygens (including phenoxy) is 1. The van der Waals surface area contributed by atoms with E-state index in [0.29, 0.717) is 17.9 Å². The standard InChI is InChI=1S/C19H23N3O2/c1-12(2)8-13(20)11-24-14-4-5-16-15-6-7-21-10-17(15)19(23)22(3)18(16)9-14/h4-7,9-10,12-13H,8,11,20H2,1-3H3. The monoisotopic (exact) mass is 325 g/mol. The van der Waals surface area contributed by atoms with Gasteiger partial charge in [-0.1, -0.05) is 13.8 Å². The lowest BCUT2D eigenvalue weighted by atomic mass is 10.1. The van der Waals surface area contributed by atoms with Crippen LogP contribution in [0.2, 0.25) is 0 Å². The number of rotatable bonds is 5. The van der Waals surface area contributed by atoms with Crippen molar-refractivity contribution in [3.8, 4) is 5.75 Å². The van der Waals surface area contributed by atoms with Crippen molar-refractivity contribution in [3.05, 3.63) is 47.0 Å². The first kappa shape index (κ1) is 16.5. The second-order valence-corrected chi connectivity index (χ2v) is 6.67. The summed E-state index contributed by atoms with van der Waals surface area (Å²) in [4.78, 5) is 16.6. The van der Waals surface area contributed by atoms with Crippen molar-refractivity contribution in [2.45, 2.75) is 26.3 Å². The Kier molecular flexibility index (Phi) is 4.53. The lowest BCUT2D eigenvalue weighted by Crippen LogP contribution is -2.29. The van der Waals surface area contributed by atoms with Gasteiger partial charge in [0.1, 0.15) is 12.4 Å². The Balaban J connectivity index is 1.98. The molecule has 5 nitrogen and oxygen atoms in total. The average Bonchev–Trinajstić information content (AvgIpc) is 2.57. The maximum absolute atomic E-state index is 12.5. The van der Waals surface area contributed by atoms with Gasteiger partial charge in [-0.15, -0.1) is 0 Å². The molecule has 2 aromatic heterocycles. The quantitative estimate of drug-likeness (QED) is 0.732. The van der Waals surface area contributed by atoms with Gasteiger partial charge in [0.25, 0.3) is 5.56 Å². The van der Waals surface area contributed by atoms with Gasteiger partial charge in [-0.3, -0.25) is 9.78 Å². The van der Waals surface area contributed by atoms with E-state index in [1.165, 1.54) is 0 Å². The molecule has 0 radical (unpaired) electrons. The minimum Gasteiger partial charge on any atom is -0.492 e. The van der Waals surface area contributed by atoms with Crippen LogP contribution in [-0.4, -0.2) is 22.2 Å². The van der Waals surface area contributed by atoms with Crippen LogP contribution in [0.1, 0.15) is 20.3 Å². The van der Waals surface area contributed by atoms with Gasteiger partial charge in [-0.05, 0) is 35.9 Å². The second-order valence-electron chi connectivity index (χ2n) is 6.67. The fourth-order valence-electron chi connectivity index (χ4n) is 3.07. The molecular formula is C19H23N3O2. The van der Waals surface area contributed by atoms with Crippen LogP contribution in [0.5, 0.6) is 5.75 Å². The smallest absolute Gasteiger partial charge is 0.260 e. The minimum atomic E-state index is -0.0562. The summed E-state index contributed by atoms with van der Waals surface area (Å²) in [5.41, 5.74) is 6.86. The van der Waals surface area contributed by atoms with Crippen LogP contribution in [0.15, 0.2) is 41.5 Å². The number of aryl methyl sites for hydroxylation is 1. The first-order valence-corrected chi connectivity index (χ1v) is 8.22. The minimum absolute atomic E-state index is 0.00666. The number of hydrogen-bond donors (Lipinski definition) is 1. The van der Waals surface area contributed by atoms with Gasteiger partial charge in [0.15, 0.2) is 0 Å². The molecule has 2 heterocycles. The maximum atomic E-state index is 12.5. The fourth-order valence-corrected chi connectivity index (χ4v) is 3.07. The van der Waals surface area contributed by atoms with Crippen LogP contribution in [0, 0.1) is 5.92 Å². The molecule has 1 atom stereocenters. The number of benzene rings is 1. The van der Waals surface area contributed by atoms with Gasteiger partial charge in [-0.2, -0.15) is 0 Å². The maximum Gasteiger partial charge on any atom is 0.260 e. The third kappa shape index (κ3) is 3.12. The van der Waals surface area contributed by atoms with Gasteiger partial charge in [0, 0.05) is 36.9 Å². The van der Waals surface area contributed by atoms with E-state index in [0.717, 1.165) is 28.5 Å². The normalized spacial score (nSPS) is 12.9. The summed E-state index contributed by atoms with van der Waals surface area (Å²) in [6.45, 7) is 4.76. The van der Waals surface area contributed by atoms with Crippen molar-refractivity contribution in [2.24, 2.45) is 18.7 Å². The van der Waals surface area contributed by atoms with E-state index >= 15 is 0 Å². The van der Waals surface area contributed by atoms with Crippen molar-refractivity contribution >= 4 is 21.7 Å². The summed E-state index contributed by atoms with van der Waals surface area (Å²) in [6, 6.07) is 7.69. The number of pyridine rings is 2. The van der Waals surface area contributed by atoms with Crippen LogP contribution >= 0.6 is 0 Å². The van der Waals surface area contributed by atoms with Crippen molar-refractivity contribution in [1.29, 1.82) is 0 Å². The van der Waals surface area contributed by atoms with Crippen LogP contribution in [0.25, 0.3) is 21.7 Å². The molecule has 0 saturated carbocycles. The molecule has 0 aliphatic heterocycles. The van der Waals surface area contributed by atoms with Crippen LogP contribution < -0.4 is 16.0 Å². The lowest BCUT2D eigenvalue weighted by molar-refractivity contribution is 0.271. The average molecular weight is 325 g/mol. The fraction of sp³-hybridized carbons (Fsp3) is 0.368. The predicted molar refractivity (Wildman–Crippen MR) is 97.4 cm³/mol. The molecular weight excluding hydrogens is 302 g/mol. The highest BCUT2D eigenvalue weighted by atomic mass is 16.5. The molecule has 126 valence electrons. The Morgan fingerprint density at radius 2 is 2.00 bits per heavy atom. The van der Waals surface area contributed by atoms with E-state index in [1.54, 1.807) is 24.0 Å². The SMILES string of the molecule is CC(C)CC(N)COc1ccc2c3ccncc3c(=O)n(C)c2c1. The van der Waals surface area contributed by atoms with Gasteiger partial charge in [0.2, 0.25) is 0 Å². The number of aromatic nitrogens is 2. The number of nitrogens with two attached hydrogens (primary N) is 1. The zero-order valence-corrected chi connectivity index (χ0v) is 14.3. The third-order valence-corrected chi connectivity index (χ3v) is 4.22. The summed E-state index contributed by atoms with van der Waals surface area (Å²) < 4.78 is 7.47. The second kappa shape index (κ2) is 6.61. The van der Waals surface area contributed by atoms with E-state index in [2.05, 4.69) is 18.8 Å². The van der Waals surface area contributed by atoms with Crippen molar-refractivity contribution in [2.75, 3.05) is 6.61 Å². The molecule has 0 bridgehead atoms. The summed E-state index contributed by atoms with van der Waals surface area (Å²) in [6.07, 6.45) is 4.24. The molecule has 5 heteroatoms. The van der Waals surface area contributed by atoms with Crippen molar-refractivity contribution in [1.82, 2.24) is 9.55 Å². The molecule has 0 aliphatic rings. The molecule has 3 aromatic rings. The summed E-state index contributed by atoms with van der Waals surface area (Å²) in [5, 5.41) is 2.54. The first-order chi connectivity index (χ1) is 11.5. The first-order valence-electron chi connectivity index (χ1n) is 8.22. The molecule has 2 N–H and O–H groups in total. The molecule has 24 heavy (non-hydrogen) atoms. The largest absolute Gasteiger partial charge is 0.492 e. The summed E-state index contributed by atoms with van der Waals surface area (Å²) >= 11 is 0. The predicted octanol–water partition coefficient (Wildman–Crippen LogP) is 2.84. The van der Waals surface area contributed by atoms with Gasteiger partial charge < -0.3 is 15.0 Å². The van der Waals surface area contributed by atoms with Gasteiger partial charge >= 0.3 is 0 Å². The topological polar surface area (TPSA) is 70.1 Å². The Morgan fingerprint density at radius 1 is 1.21 bits per heavy atom. The van der Waals surface area contributed by atoms with E-state index < -0.39 is 0 Å². The van der Waals surface area contributed by atoms with E-state index in [-0.39, 0.29) is 11.6 Å². The number of fused-ring (bicyclic) bond motifs is 3. The zero-order valence-electron chi connectivity index (χ0n) is 14.3. The summed E-state index contributed by atoms with van der Waals surface area (Å²) in [7, 11) is 1.77. The van der Waals surface area contributed by atoms with Gasteiger partial charge in [0.05, 0.1) is 10.9 Å². The van der Waals surface area contributed by atoms with E-state index in [9.17, 15) is 4.79 Å². The molecule has 3 rings (SSSR count). The molecule has 0 amide bonds. The Morgan fingerprint density at radius 3 is 2.75 bits per heavy atom. The van der Waals surface area contributed by atoms with Crippen molar-refractivity contribution in [3.63, 3.8) is 0 Å². The Labute approximate surface area is 141 Å². The molecule has 0 spiro atoms. The molecule has 0 fully saturated rings. The zero-order chi connectivity index (χ0) is 17.3. The third-order valence-electron chi connectivity index (χ3n) is 4.22. The van der Waals surface area contributed by atoms with E-state index in [4.69, 9.17) is 10.5 Å². The van der Waals surface area contributed by atoms with Crippen molar-refractivity contribution < 1.29 is 4.74 Å². The van der Waals surface area contributed by atoms with Crippen LogP contribution in [0.3, 0.4) is 0 Å². The number of hydrogen-bond acceptors (Lipinski definition) is 4. The molecule has 1 aromatic carbocycles. The highest BCUT2D eigenvalue weighted by Gasteiger charge is 2.11. The van der Waals surface area contributed by atoms with E-state index in [1.807, 2.05) is 24.3 Å². The molecule has 1 unspecified atom stereocenters.